The van der Waals surface area contributed by atoms with E-state index in [-0.39, 0.29) is 12.1 Å². The van der Waals surface area contributed by atoms with E-state index < -0.39 is 0 Å². The van der Waals surface area contributed by atoms with E-state index in [4.69, 9.17) is 4.74 Å². The van der Waals surface area contributed by atoms with Crippen LogP contribution in [0.25, 0.3) is 0 Å². The van der Waals surface area contributed by atoms with E-state index >= 15 is 0 Å². The van der Waals surface area contributed by atoms with Crippen molar-refractivity contribution < 1.29 is 9.53 Å². The fourth-order valence-electron chi connectivity index (χ4n) is 2.82. The first kappa shape index (κ1) is 15.4. The Bertz CT molecular complexity index is 702. The largest absolute Gasteiger partial charge is 0.487 e. The van der Waals surface area contributed by atoms with Gasteiger partial charge in [0.2, 0.25) is 0 Å². The Balaban J connectivity index is 1.24. The maximum Gasteiger partial charge on any atom is 0.317 e. The van der Waals surface area contributed by atoms with Gasteiger partial charge in [0.05, 0.1) is 30.0 Å². The lowest BCUT2D eigenvalue weighted by Crippen LogP contribution is -2.39. The van der Waals surface area contributed by atoms with Crippen LogP contribution >= 0.6 is 11.3 Å². The van der Waals surface area contributed by atoms with Crippen LogP contribution in [0.2, 0.25) is 0 Å². The average molecular weight is 344 g/mol. The molecule has 2 aromatic rings. The summed E-state index contributed by atoms with van der Waals surface area (Å²) in [5.74, 6) is 1.42. The average Bonchev–Trinajstić information content (AvgIpc) is 3.17. The molecule has 1 saturated heterocycles. The summed E-state index contributed by atoms with van der Waals surface area (Å²) in [6, 6.07) is 3.68. The minimum absolute atomic E-state index is 0.0284. The second-order valence-electron chi connectivity index (χ2n) is 6.27. The predicted molar refractivity (Wildman–Crippen MR) is 91.2 cm³/mol. The molecular formula is C17H20N4O2S. The summed E-state index contributed by atoms with van der Waals surface area (Å²) in [6.07, 6.45) is 6.79. The molecule has 6 nitrogen and oxygen atoms in total. The molecule has 1 aliphatic carbocycles. The van der Waals surface area contributed by atoms with E-state index in [9.17, 15) is 4.79 Å². The summed E-state index contributed by atoms with van der Waals surface area (Å²) in [6.45, 7) is 1.80. The van der Waals surface area contributed by atoms with Crippen LogP contribution in [0.1, 0.15) is 35.9 Å². The van der Waals surface area contributed by atoms with Gasteiger partial charge in [-0.2, -0.15) is 0 Å². The minimum atomic E-state index is -0.0479. The SMILES string of the molecule is O=C(NCc1csc(C2CC2)n1)N1CCC(Oc2cccnc2)C1. The number of hydrogen-bond donors (Lipinski definition) is 1. The van der Waals surface area contributed by atoms with E-state index in [1.165, 1.54) is 17.8 Å². The zero-order valence-corrected chi connectivity index (χ0v) is 14.2. The quantitative estimate of drug-likeness (QED) is 0.906. The van der Waals surface area contributed by atoms with Crippen LogP contribution in [-0.4, -0.2) is 40.1 Å². The Labute approximate surface area is 144 Å². The van der Waals surface area contributed by atoms with Crippen molar-refractivity contribution in [2.75, 3.05) is 13.1 Å². The third kappa shape index (κ3) is 3.67. The first-order chi connectivity index (χ1) is 11.8. The van der Waals surface area contributed by atoms with Crippen molar-refractivity contribution in [3.63, 3.8) is 0 Å². The Morgan fingerprint density at radius 2 is 2.33 bits per heavy atom. The number of aromatic nitrogens is 2. The summed E-state index contributed by atoms with van der Waals surface area (Å²) in [7, 11) is 0. The second-order valence-corrected chi connectivity index (χ2v) is 7.16. The third-order valence-electron chi connectivity index (χ3n) is 4.29. The summed E-state index contributed by atoms with van der Waals surface area (Å²) in [5.41, 5.74) is 0.956. The highest BCUT2D eigenvalue weighted by Gasteiger charge is 2.28. The van der Waals surface area contributed by atoms with Crippen molar-refractivity contribution in [2.24, 2.45) is 0 Å². The lowest BCUT2D eigenvalue weighted by Gasteiger charge is -2.17. The van der Waals surface area contributed by atoms with E-state index in [1.54, 1.807) is 28.6 Å². The maximum atomic E-state index is 12.3. The number of ether oxygens (including phenoxy) is 1. The molecule has 1 saturated carbocycles. The first-order valence-electron chi connectivity index (χ1n) is 8.31. The van der Waals surface area contributed by atoms with Crippen molar-refractivity contribution >= 4 is 17.4 Å². The number of carbonyl (C=O) groups excluding carboxylic acids is 1. The third-order valence-corrected chi connectivity index (χ3v) is 5.34. The molecule has 0 radical (unpaired) electrons. The fourth-order valence-corrected chi connectivity index (χ4v) is 3.81. The number of nitrogens with zero attached hydrogens (tertiary/aromatic N) is 3. The first-order valence-corrected chi connectivity index (χ1v) is 9.19. The van der Waals surface area contributed by atoms with Crippen LogP contribution < -0.4 is 10.1 Å². The van der Waals surface area contributed by atoms with Gasteiger partial charge in [-0.15, -0.1) is 11.3 Å². The van der Waals surface area contributed by atoms with E-state index in [2.05, 4.69) is 15.3 Å². The number of nitrogens with one attached hydrogen (secondary N) is 1. The van der Waals surface area contributed by atoms with E-state index in [1.807, 2.05) is 17.5 Å². The van der Waals surface area contributed by atoms with Gasteiger partial charge in [0.25, 0.3) is 0 Å². The maximum absolute atomic E-state index is 12.3. The summed E-state index contributed by atoms with van der Waals surface area (Å²) < 4.78 is 5.86. The van der Waals surface area contributed by atoms with Crippen molar-refractivity contribution in [2.45, 2.75) is 37.8 Å². The molecule has 2 aliphatic rings. The van der Waals surface area contributed by atoms with Crippen LogP contribution in [0.3, 0.4) is 0 Å². The van der Waals surface area contributed by atoms with Crippen molar-refractivity contribution in [1.29, 1.82) is 0 Å². The lowest BCUT2D eigenvalue weighted by atomic mass is 10.3. The molecule has 0 spiro atoms. The normalized spacial score (nSPS) is 20.2. The number of likely N-dealkylation sites (tertiary alicyclic amines) is 1. The second kappa shape index (κ2) is 6.76. The minimum Gasteiger partial charge on any atom is -0.487 e. The van der Waals surface area contributed by atoms with Crippen LogP contribution in [-0.2, 0) is 6.54 Å². The van der Waals surface area contributed by atoms with Gasteiger partial charge in [-0.1, -0.05) is 0 Å². The lowest BCUT2D eigenvalue weighted by molar-refractivity contribution is 0.186. The van der Waals surface area contributed by atoms with Gasteiger partial charge >= 0.3 is 6.03 Å². The molecule has 2 aromatic heterocycles. The standard InChI is InChI=1S/C17H20N4O2S/c22-17(19-8-13-11-24-16(20-13)12-3-4-12)21-7-5-15(10-21)23-14-2-1-6-18-9-14/h1-2,6,9,11-12,15H,3-5,7-8,10H2,(H,19,22). The van der Waals surface area contributed by atoms with Gasteiger partial charge in [-0.25, -0.2) is 9.78 Å². The number of carbonyl (C=O) groups is 1. The molecule has 1 N–H and O–H groups in total. The highest BCUT2D eigenvalue weighted by molar-refractivity contribution is 7.09. The Morgan fingerprint density at radius 1 is 1.42 bits per heavy atom. The number of urea groups is 1. The van der Waals surface area contributed by atoms with Gasteiger partial charge in [0.15, 0.2) is 0 Å². The molecule has 1 atom stereocenters. The Hall–Kier alpha value is -2.15. The highest BCUT2D eigenvalue weighted by Crippen LogP contribution is 2.41. The molecule has 1 unspecified atom stereocenters. The molecule has 4 rings (SSSR count). The molecule has 3 heterocycles. The van der Waals surface area contributed by atoms with Gasteiger partial charge in [0, 0.05) is 30.5 Å². The molecule has 1 aliphatic heterocycles. The summed E-state index contributed by atoms with van der Waals surface area (Å²) in [5, 5.41) is 6.22. The molecule has 0 aromatic carbocycles. The topological polar surface area (TPSA) is 67.4 Å². The number of pyridine rings is 1. The smallest absolute Gasteiger partial charge is 0.317 e. The Kier molecular flexibility index (Phi) is 4.34. The van der Waals surface area contributed by atoms with Gasteiger partial charge in [0.1, 0.15) is 11.9 Å². The van der Waals surface area contributed by atoms with E-state index in [0.717, 1.165) is 17.9 Å². The number of rotatable bonds is 5. The molecule has 2 amide bonds. The van der Waals surface area contributed by atoms with Crippen molar-refractivity contribution in [3.8, 4) is 5.75 Å². The number of hydrogen-bond acceptors (Lipinski definition) is 5. The van der Waals surface area contributed by atoms with Crippen LogP contribution in [0.15, 0.2) is 29.9 Å². The predicted octanol–water partition coefficient (Wildman–Crippen LogP) is 2.78. The molecule has 126 valence electrons. The molecular weight excluding hydrogens is 324 g/mol. The zero-order valence-electron chi connectivity index (χ0n) is 13.4. The molecule has 2 fully saturated rings. The van der Waals surface area contributed by atoms with Crippen LogP contribution in [0.4, 0.5) is 4.79 Å². The van der Waals surface area contributed by atoms with Gasteiger partial charge < -0.3 is 15.0 Å². The Morgan fingerprint density at radius 3 is 3.12 bits per heavy atom. The number of amides is 2. The van der Waals surface area contributed by atoms with Crippen LogP contribution in [0.5, 0.6) is 5.75 Å². The van der Waals surface area contributed by atoms with E-state index in [0.29, 0.717) is 25.6 Å². The highest BCUT2D eigenvalue weighted by atomic mass is 32.1. The van der Waals surface area contributed by atoms with Crippen molar-refractivity contribution in [1.82, 2.24) is 20.2 Å². The summed E-state index contributed by atoms with van der Waals surface area (Å²) >= 11 is 1.70. The number of thiazole rings is 1. The van der Waals surface area contributed by atoms with Gasteiger partial charge in [-0.3, -0.25) is 4.98 Å². The zero-order chi connectivity index (χ0) is 16.4. The monoisotopic (exact) mass is 344 g/mol. The molecule has 0 bridgehead atoms. The molecule has 7 heteroatoms. The summed E-state index contributed by atoms with van der Waals surface area (Å²) in [4.78, 5) is 22.7. The van der Waals surface area contributed by atoms with Crippen LogP contribution in [0, 0.1) is 0 Å². The van der Waals surface area contributed by atoms with Gasteiger partial charge in [-0.05, 0) is 25.0 Å². The van der Waals surface area contributed by atoms with Crippen molar-refractivity contribution in [3.05, 3.63) is 40.6 Å². The fraction of sp³-hybridized carbons (Fsp3) is 0.471. The molecule has 24 heavy (non-hydrogen) atoms.